The molecule has 0 aliphatic carbocycles. The van der Waals surface area contributed by atoms with Gasteiger partial charge in [-0.05, 0) is 89.9 Å². The van der Waals surface area contributed by atoms with Gasteiger partial charge in [-0.1, -0.05) is 93.6 Å². The molecule has 0 unspecified atom stereocenters. The van der Waals surface area contributed by atoms with E-state index in [-0.39, 0.29) is 30.9 Å². The van der Waals surface area contributed by atoms with Gasteiger partial charge < -0.3 is 40.3 Å². The molecular formula is C45H58N4O7Si. The minimum atomic E-state index is -2.32. The molecule has 5 rings (SSSR count). The Hall–Kier alpha value is -5.01. The minimum Gasteiger partial charge on any atom is -0.489 e. The van der Waals surface area contributed by atoms with Crippen LogP contribution in [0.1, 0.15) is 49.4 Å². The number of hydrogen-bond donors (Lipinski definition) is 5. The van der Waals surface area contributed by atoms with Gasteiger partial charge in [0.2, 0.25) is 11.8 Å². The molecule has 11 nitrogen and oxygen atoms in total. The van der Waals surface area contributed by atoms with Gasteiger partial charge >= 0.3 is 5.97 Å². The molecule has 0 saturated carbocycles. The molecule has 12 heteroatoms. The summed E-state index contributed by atoms with van der Waals surface area (Å²) in [5, 5.41) is 22.5. The summed E-state index contributed by atoms with van der Waals surface area (Å²) in [7, 11) is 1.19. The predicted molar refractivity (Wildman–Crippen MR) is 226 cm³/mol. The van der Waals surface area contributed by atoms with Gasteiger partial charge in [0.05, 0.1) is 12.1 Å². The number of carbonyl (C=O) groups excluding carboxylic acids is 2. The summed E-state index contributed by atoms with van der Waals surface area (Å²) >= 11 is 0. The highest BCUT2D eigenvalue weighted by Crippen LogP contribution is 2.38. The van der Waals surface area contributed by atoms with E-state index in [1.165, 1.54) is 0 Å². The maximum atomic E-state index is 14.3. The monoisotopic (exact) mass is 794 g/mol. The molecule has 4 aromatic rings. The SMILES string of the molecule is CNC[C@@H](C[C@@H]1NC(=O)[C@@H](NC)Cc2cc(ccc2OCc2ccccc2)-c2ccc(OCc3ccccc3)c(c2)C[C@@H](C(=O)O)NC1=O)O[Si](C)(C)C(C)(C)C. The molecule has 5 N–H and O–H groups in total. The second-order valence-corrected chi connectivity index (χ2v) is 21.0. The summed E-state index contributed by atoms with van der Waals surface area (Å²) in [6.07, 6.45) is -0.146. The van der Waals surface area contributed by atoms with Gasteiger partial charge in [-0.15, -0.1) is 0 Å². The van der Waals surface area contributed by atoms with Crippen LogP contribution in [0, 0.1) is 0 Å². The van der Waals surface area contributed by atoms with Crippen LogP contribution in [0.2, 0.25) is 18.1 Å². The first-order valence-corrected chi connectivity index (χ1v) is 22.5. The first-order valence-electron chi connectivity index (χ1n) is 19.6. The van der Waals surface area contributed by atoms with Crippen LogP contribution in [0.3, 0.4) is 0 Å². The van der Waals surface area contributed by atoms with Gasteiger partial charge in [-0.2, -0.15) is 0 Å². The molecule has 57 heavy (non-hydrogen) atoms. The van der Waals surface area contributed by atoms with E-state index in [0.29, 0.717) is 30.2 Å². The zero-order valence-electron chi connectivity index (χ0n) is 34.2. The maximum absolute atomic E-state index is 14.3. The number of hydrogen-bond acceptors (Lipinski definition) is 8. The Kier molecular flexibility index (Phi) is 14.7. The van der Waals surface area contributed by atoms with Gasteiger partial charge in [-0.3, -0.25) is 9.59 Å². The molecule has 4 atom stereocenters. The largest absolute Gasteiger partial charge is 0.489 e. The lowest BCUT2D eigenvalue weighted by molar-refractivity contribution is -0.142. The Labute approximate surface area is 338 Å². The van der Waals surface area contributed by atoms with Crippen molar-refractivity contribution < 1.29 is 33.4 Å². The summed E-state index contributed by atoms with van der Waals surface area (Å²) < 4.78 is 19.5. The Bertz CT molecular complexity index is 1970. The van der Waals surface area contributed by atoms with Crippen molar-refractivity contribution >= 4 is 26.1 Å². The van der Waals surface area contributed by atoms with Crippen molar-refractivity contribution in [2.24, 2.45) is 0 Å². The van der Waals surface area contributed by atoms with Crippen LogP contribution in [0.5, 0.6) is 11.5 Å². The van der Waals surface area contributed by atoms with Crippen molar-refractivity contribution in [3.05, 3.63) is 119 Å². The normalized spacial score (nSPS) is 18.3. The number of nitrogens with one attached hydrogen (secondary N) is 4. The third-order valence-electron chi connectivity index (χ3n) is 10.9. The highest BCUT2D eigenvalue weighted by molar-refractivity contribution is 6.74. The van der Waals surface area contributed by atoms with Crippen molar-refractivity contribution in [2.75, 3.05) is 20.6 Å². The molecule has 0 fully saturated rings. The number of amides is 2. The van der Waals surface area contributed by atoms with Gasteiger partial charge in [-0.25, -0.2) is 4.79 Å². The van der Waals surface area contributed by atoms with Crippen molar-refractivity contribution in [3.8, 4) is 22.6 Å². The maximum Gasteiger partial charge on any atom is 0.326 e. The van der Waals surface area contributed by atoms with E-state index < -0.39 is 50.3 Å². The summed E-state index contributed by atoms with van der Waals surface area (Å²) in [4.78, 5) is 41.5. The number of rotatable bonds is 14. The molecule has 304 valence electrons. The lowest BCUT2D eigenvalue weighted by atomic mass is 9.95. The fourth-order valence-corrected chi connectivity index (χ4v) is 7.95. The number of carboxylic acids is 1. The van der Waals surface area contributed by atoms with E-state index >= 15 is 0 Å². The first kappa shape index (κ1) is 43.1. The van der Waals surface area contributed by atoms with Crippen LogP contribution in [0.15, 0.2) is 97.1 Å². The molecule has 0 saturated heterocycles. The number of benzene rings is 4. The summed E-state index contributed by atoms with van der Waals surface area (Å²) in [6.45, 7) is 11.7. The second-order valence-electron chi connectivity index (χ2n) is 16.2. The van der Waals surface area contributed by atoms with Crippen LogP contribution in [-0.2, 0) is 44.9 Å². The lowest BCUT2D eigenvalue weighted by Crippen LogP contribution is -2.57. The van der Waals surface area contributed by atoms with E-state index in [1.54, 1.807) is 7.05 Å². The fraction of sp³-hybridized carbons (Fsp3) is 0.400. The average Bonchev–Trinajstić information content (AvgIpc) is 3.18. The first-order chi connectivity index (χ1) is 27.2. The molecule has 0 spiro atoms. The number of carboxylic acid groups (broad SMARTS) is 1. The molecule has 4 bridgehead atoms. The number of ether oxygens (including phenoxy) is 2. The third-order valence-corrected chi connectivity index (χ3v) is 15.4. The highest BCUT2D eigenvalue weighted by Gasteiger charge is 2.40. The minimum absolute atomic E-state index is 0.0651. The number of aliphatic carboxylic acids is 1. The van der Waals surface area contributed by atoms with Crippen LogP contribution in [-0.4, -0.2) is 76.1 Å². The van der Waals surface area contributed by atoms with Gasteiger partial charge in [0.15, 0.2) is 8.32 Å². The molecule has 1 aliphatic heterocycles. The standard InChI is InChI=1S/C45H58N4O7Si/c1-45(2,3)57(6,7)56-36(27-46-4)26-38-43(51)49-39(44(52)53)25-35-23-33(19-21-41(35)55-29-31-16-12-9-13-17-31)32-18-20-40(54-28-30-14-10-8-11-15-30)34(22-32)24-37(47-5)42(50)48-38/h8-23,36-39,46-47H,24-29H2,1-7H3,(H,48,50)(H,49,51)(H,52,53)/t36-,37+,38+,39+/m1/s1. The second kappa shape index (κ2) is 19.4. The van der Waals surface area contributed by atoms with Gasteiger partial charge in [0.1, 0.15) is 36.8 Å². The Balaban J connectivity index is 1.58. The average molecular weight is 795 g/mol. The molecule has 4 aromatic carbocycles. The Morgan fingerprint density at radius 2 is 1.32 bits per heavy atom. The predicted octanol–water partition coefficient (Wildman–Crippen LogP) is 6.25. The van der Waals surface area contributed by atoms with E-state index in [1.807, 2.05) is 104 Å². The quantitative estimate of drug-likeness (QED) is 0.0935. The van der Waals surface area contributed by atoms with Crippen molar-refractivity contribution in [3.63, 3.8) is 0 Å². The number of likely N-dealkylation sites (N-methyl/N-ethyl adjacent to an activating group) is 2. The summed E-state index contributed by atoms with van der Waals surface area (Å²) in [6, 6.07) is 27.9. The lowest BCUT2D eigenvalue weighted by Gasteiger charge is -2.40. The topological polar surface area (TPSA) is 147 Å². The zero-order chi connectivity index (χ0) is 41.2. The van der Waals surface area contributed by atoms with Gasteiger partial charge in [0.25, 0.3) is 0 Å². The fourth-order valence-electron chi connectivity index (χ4n) is 6.59. The van der Waals surface area contributed by atoms with Crippen molar-refractivity contribution in [2.45, 2.75) is 95.6 Å². The summed E-state index contributed by atoms with van der Waals surface area (Å²) in [5.74, 6) is -1.11. The smallest absolute Gasteiger partial charge is 0.326 e. The van der Waals surface area contributed by atoms with Crippen LogP contribution >= 0.6 is 0 Å². The number of fused-ring (bicyclic) bond motifs is 5. The molecule has 1 aliphatic rings. The van der Waals surface area contributed by atoms with Gasteiger partial charge in [0, 0.05) is 25.8 Å². The zero-order valence-corrected chi connectivity index (χ0v) is 35.2. The van der Waals surface area contributed by atoms with Crippen LogP contribution < -0.4 is 30.7 Å². The number of carbonyl (C=O) groups is 3. The molecule has 2 amide bonds. The molecule has 0 aromatic heterocycles. The molecule has 1 heterocycles. The van der Waals surface area contributed by atoms with E-state index in [0.717, 1.165) is 27.8 Å². The molecule has 0 radical (unpaired) electrons. The Morgan fingerprint density at radius 3 is 1.79 bits per heavy atom. The molecular weight excluding hydrogens is 737 g/mol. The van der Waals surface area contributed by atoms with E-state index in [4.69, 9.17) is 13.9 Å². The van der Waals surface area contributed by atoms with Crippen LogP contribution in [0.25, 0.3) is 11.1 Å². The van der Waals surface area contributed by atoms with E-state index in [9.17, 15) is 19.5 Å². The summed E-state index contributed by atoms with van der Waals surface area (Å²) in [5.41, 5.74) is 5.03. The van der Waals surface area contributed by atoms with Crippen molar-refractivity contribution in [1.29, 1.82) is 0 Å². The van der Waals surface area contributed by atoms with E-state index in [2.05, 4.69) is 55.1 Å². The third kappa shape index (κ3) is 11.8. The Morgan fingerprint density at radius 1 is 0.789 bits per heavy atom. The van der Waals surface area contributed by atoms with Crippen molar-refractivity contribution in [1.82, 2.24) is 21.3 Å². The van der Waals surface area contributed by atoms with Crippen LogP contribution in [0.4, 0.5) is 0 Å². The highest BCUT2D eigenvalue weighted by atomic mass is 28.4.